The molecule has 0 radical (unpaired) electrons. The summed E-state index contributed by atoms with van der Waals surface area (Å²) in [4.78, 5) is 4.46. The number of aromatic nitrogens is 1. The van der Waals surface area contributed by atoms with Gasteiger partial charge in [0.05, 0.1) is 10.7 Å². The van der Waals surface area contributed by atoms with Crippen LogP contribution in [0.25, 0.3) is 0 Å². The first kappa shape index (κ1) is 9.49. The zero-order valence-electron chi connectivity index (χ0n) is 7.69. The molecule has 13 heavy (non-hydrogen) atoms. The second kappa shape index (κ2) is 3.98. The Morgan fingerprint density at radius 3 is 3.00 bits per heavy atom. The topological polar surface area (TPSA) is 38.9 Å². The van der Waals surface area contributed by atoms with E-state index >= 15 is 0 Å². The Balaban J connectivity index is 1.97. The summed E-state index contributed by atoms with van der Waals surface area (Å²) in [6.07, 6.45) is 1.07. The molecule has 2 N–H and O–H groups in total. The van der Waals surface area contributed by atoms with Crippen LogP contribution in [0, 0.1) is 12.8 Å². The molecule has 2 rings (SSSR count). The van der Waals surface area contributed by atoms with Gasteiger partial charge in [-0.25, -0.2) is 4.98 Å². The number of rotatable bonds is 2. The minimum atomic E-state index is 0.381. The van der Waals surface area contributed by atoms with Gasteiger partial charge in [0.1, 0.15) is 0 Å². The summed E-state index contributed by atoms with van der Waals surface area (Å²) in [7, 11) is 0. The highest BCUT2D eigenvalue weighted by atomic mass is 32.2. The number of hydrogen-bond donors (Lipinski definition) is 1. The van der Waals surface area contributed by atoms with E-state index in [1.54, 1.807) is 11.3 Å². The molecule has 0 amide bonds. The van der Waals surface area contributed by atoms with E-state index in [0.717, 1.165) is 17.2 Å². The summed E-state index contributed by atoms with van der Waals surface area (Å²) < 4.78 is 0. The molecule has 1 aliphatic rings. The molecular weight excluding hydrogens is 200 g/mol. The molecule has 72 valence electrons. The number of nitrogens with zero attached hydrogens (tertiary/aromatic N) is 1. The van der Waals surface area contributed by atoms with Crippen molar-refractivity contribution in [1.29, 1.82) is 0 Å². The third kappa shape index (κ3) is 2.24. The molecule has 2 heterocycles. The van der Waals surface area contributed by atoms with Gasteiger partial charge in [0, 0.05) is 17.2 Å². The van der Waals surface area contributed by atoms with Crippen molar-refractivity contribution in [1.82, 2.24) is 4.98 Å². The first-order valence-corrected chi connectivity index (χ1v) is 6.53. The van der Waals surface area contributed by atoms with Crippen molar-refractivity contribution in [3.8, 4) is 0 Å². The maximum absolute atomic E-state index is 5.99. The second-order valence-corrected chi connectivity index (χ2v) is 5.66. The van der Waals surface area contributed by atoms with Crippen molar-refractivity contribution in [2.75, 3.05) is 11.5 Å². The Kier molecular flexibility index (Phi) is 2.91. The SMILES string of the molecule is Cc1nc(CC2CSCC2N)cs1. The molecule has 0 saturated carbocycles. The molecule has 1 aromatic rings. The predicted octanol–water partition coefficient (Wildman–Crippen LogP) is 1.68. The molecule has 0 aromatic carbocycles. The van der Waals surface area contributed by atoms with Crippen molar-refractivity contribution >= 4 is 23.1 Å². The maximum atomic E-state index is 5.99. The lowest BCUT2D eigenvalue weighted by molar-refractivity contribution is 0.510. The van der Waals surface area contributed by atoms with Gasteiger partial charge in [-0.1, -0.05) is 0 Å². The van der Waals surface area contributed by atoms with E-state index in [-0.39, 0.29) is 0 Å². The second-order valence-electron chi connectivity index (χ2n) is 3.52. The van der Waals surface area contributed by atoms with Crippen molar-refractivity contribution in [2.45, 2.75) is 19.4 Å². The van der Waals surface area contributed by atoms with E-state index in [9.17, 15) is 0 Å². The smallest absolute Gasteiger partial charge is 0.0897 e. The summed E-state index contributed by atoms with van der Waals surface area (Å²) in [6.45, 7) is 2.05. The average Bonchev–Trinajstić information content (AvgIpc) is 2.64. The Morgan fingerprint density at radius 1 is 1.62 bits per heavy atom. The number of thiazole rings is 1. The van der Waals surface area contributed by atoms with E-state index in [4.69, 9.17) is 5.73 Å². The Labute approximate surface area is 86.9 Å². The Morgan fingerprint density at radius 2 is 2.46 bits per heavy atom. The van der Waals surface area contributed by atoms with Crippen molar-refractivity contribution in [3.63, 3.8) is 0 Å². The van der Waals surface area contributed by atoms with Gasteiger partial charge < -0.3 is 5.73 Å². The van der Waals surface area contributed by atoms with Gasteiger partial charge in [-0.05, 0) is 25.0 Å². The van der Waals surface area contributed by atoms with Gasteiger partial charge in [0.2, 0.25) is 0 Å². The summed E-state index contributed by atoms with van der Waals surface area (Å²) in [6, 6.07) is 0.381. The maximum Gasteiger partial charge on any atom is 0.0897 e. The molecule has 1 aromatic heterocycles. The zero-order chi connectivity index (χ0) is 9.26. The van der Waals surface area contributed by atoms with Crippen molar-refractivity contribution in [2.24, 2.45) is 11.7 Å². The molecule has 2 atom stereocenters. The van der Waals surface area contributed by atoms with Crippen LogP contribution in [0.2, 0.25) is 0 Å². The van der Waals surface area contributed by atoms with Gasteiger partial charge in [-0.2, -0.15) is 11.8 Å². The number of hydrogen-bond acceptors (Lipinski definition) is 4. The Hall–Kier alpha value is -0.0600. The van der Waals surface area contributed by atoms with Crippen molar-refractivity contribution in [3.05, 3.63) is 16.1 Å². The summed E-state index contributed by atoms with van der Waals surface area (Å²) >= 11 is 3.70. The van der Waals surface area contributed by atoms with Crippen LogP contribution >= 0.6 is 23.1 Å². The molecule has 1 aliphatic heterocycles. The minimum absolute atomic E-state index is 0.381. The lowest BCUT2D eigenvalue weighted by Gasteiger charge is -2.11. The Bertz CT molecular complexity index is 285. The standard InChI is InChI=1S/C9H14N2S2/c1-6-11-8(4-13-6)2-7-3-12-5-9(7)10/h4,7,9H,2-3,5,10H2,1H3. The van der Waals surface area contributed by atoms with Crippen molar-refractivity contribution < 1.29 is 0 Å². The summed E-state index contributed by atoms with van der Waals surface area (Å²) in [5.74, 6) is 2.97. The van der Waals surface area contributed by atoms with Crippen LogP contribution in [0.4, 0.5) is 0 Å². The molecule has 1 saturated heterocycles. The van der Waals surface area contributed by atoms with Crippen LogP contribution < -0.4 is 5.73 Å². The van der Waals surface area contributed by atoms with E-state index in [0.29, 0.717) is 12.0 Å². The molecule has 4 heteroatoms. The van der Waals surface area contributed by atoms with Crippen LogP contribution in [0.5, 0.6) is 0 Å². The normalized spacial score (nSPS) is 28.2. The van der Waals surface area contributed by atoms with Crippen LogP contribution in [0.15, 0.2) is 5.38 Å². The van der Waals surface area contributed by atoms with Gasteiger partial charge in [-0.3, -0.25) is 0 Å². The van der Waals surface area contributed by atoms with E-state index < -0.39 is 0 Å². The monoisotopic (exact) mass is 214 g/mol. The molecule has 0 spiro atoms. The first-order chi connectivity index (χ1) is 6.25. The highest BCUT2D eigenvalue weighted by molar-refractivity contribution is 7.99. The quantitative estimate of drug-likeness (QED) is 0.814. The van der Waals surface area contributed by atoms with E-state index in [2.05, 4.69) is 17.3 Å². The lowest BCUT2D eigenvalue weighted by atomic mass is 9.99. The molecule has 0 bridgehead atoms. The summed E-state index contributed by atoms with van der Waals surface area (Å²) in [5, 5.41) is 3.32. The van der Waals surface area contributed by atoms with Crippen LogP contribution in [0.3, 0.4) is 0 Å². The highest BCUT2D eigenvalue weighted by Gasteiger charge is 2.25. The molecule has 0 aliphatic carbocycles. The molecule has 1 fully saturated rings. The number of thioether (sulfide) groups is 1. The fourth-order valence-corrected chi connectivity index (χ4v) is 3.57. The van der Waals surface area contributed by atoms with Crippen LogP contribution in [0.1, 0.15) is 10.7 Å². The first-order valence-electron chi connectivity index (χ1n) is 4.50. The minimum Gasteiger partial charge on any atom is -0.327 e. The third-order valence-electron chi connectivity index (χ3n) is 2.39. The van der Waals surface area contributed by atoms with E-state index in [1.807, 2.05) is 11.8 Å². The summed E-state index contributed by atoms with van der Waals surface area (Å²) in [5.41, 5.74) is 7.22. The average molecular weight is 214 g/mol. The van der Waals surface area contributed by atoms with Gasteiger partial charge in [0.25, 0.3) is 0 Å². The van der Waals surface area contributed by atoms with E-state index in [1.165, 1.54) is 11.4 Å². The number of aryl methyl sites for hydroxylation is 1. The largest absolute Gasteiger partial charge is 0.327 e. The number of nitrogens with two attached hydrogens (primary N) is 1. The predicted molar refractivity (Wildman–Crippen MR) is 59.3 cm³/mol. The van der Waals surface area contributed by atoms with Crippen LogP contribution in [-0.2, 0) is 6.42 Å². The van der Waals surface area contributed by atoms with Gasteiger partial charge >= 0.3 is 0 Å². The fourth-order valence-electron chi connectivity index (χ4n) is 1.60. The van der Waals surface area contributed by atoms with Gasteiger partial charge in [0.15, 0.2) is 0 Å². The zero-order valence-corrected chi connectivity index (χ0v) is 9.33. The molecule has 2 unspecified atom stereocenters. The molecular formula is C9H14N2S2. The highest BCUT2D eigenvalue weighted by Crippen LogP contribution is 2.26. The van der Waals surface area contributed by atoms with Crippen LogP contribution in [-0.4, -0.2) is 22.5 Å². The molecule has 2 nitrogen and oxygen atoms in total. The lowest BCUT2D eigenvalue weighted by Crippen LogP contribution is -2.29. The third-order valence-corrected chi connectivity index (χ3v) is 4.49. The van der Waals surface area contributed by atoms with Gasteiger partial charge in [-0.15, -0.1) is 11.3 Å². The fraction of sp³-hybridized carbons (Fsp3) is 0.667.